The Hall–Kier alpha value is -4.25. The Morgan fingerprint density at radius 2 is 1.12 bits per heavy atom. The normalized spacial score (nSPS) is 10.7. The highest BCUT2D eigenvalue weighted by Crippen LogP contribution is 2.30. The van der Waals surface area contributed by atoms with Crippen molar-refractivity contribution in [2.24, 2.45) is 0 Å². The average Bonchev–Trinajstić information content (AvgIpc) is 2.87. The molecule has 0 aliphatic rings. The quantitative estimate of drug-likeness (QED) is 0.313. The van der Waals surface area contributed by atoms with Gasteiger partial charge in [0.2, 0.25) is 11.4 Å². The molecule has 5 nitrogen and oxygen atoms in total. The summed E-state index contributed by atoms with van der Waals surface area (Å²) in [6.07, 6.45) is 1.98. The maximum atomic E-state index is 11.4. The summed E-state index contributed by atoms with van der Waals surface area (Å²) in [4.78, 5) is 22.7. The van der Waals surface area contributed by atoms with Crippen molar-refractivity contribution in [2.75, 3.05) is 0 Å². The first kappa shape index (κ1) is 22.9. The van der Waals surface area contributed by atoms with Gasteiger partial charge in [-0.25, -0.2) is 9.59 Å². The van der Waals surface area contributed by atoms with Gasteiger partial charge in [0.1, 0.15) is 6.54 Å². The predicted octanol–water partition coefficient (Wildman–Crippen LogP) is 6.17. The molecule has 4 aromatic rings. The van der Waals surface area contributed by atoms with Crippen LogP contribution in [0.5, 0.6) is 0 Å². The van der Waals surface area contributed by atoms with Crippen molar-refractivity contribution in [1.82, 2.24) is 0 Å². The first-order valence-corrected chi connectivity index (χ1v) is 11.3. The van der Waals surface area contributed by atoms with Crippen LogP contribution in [0, 0.1) is 0 Å². The molecule has 5 heteroatoms. The van der Waals surface area contributed by atoms with E-state index in [1.54, 1.807) is 24.3 Å². The molecule has 0 unspecified atom stereocenters. The van der Waals surface area contributed by atoms with Crippen LogP contribution in [0.3, 0.4) is 0 Å². The van der Waals surface area contributed by atoms with Gasteiger partial charge in [-0.3, -0.25) is 0 Å². The molecular formula is C29H26NO4+. The number of nitrogens with zero attached hydrogens (tertiary/aromatic N) is 1. The molecule has 1 heterocycles. The second kappa shape index (κ2) is 10.1. The number of carboxylic acids is 2. The molecule has 0 atom stereocenters. The maximum absolute atomic E-state index is 11.4. The van der Waals surface area contributed by atoms with Crippen LogP contribution in [0.1, 0.15) is 40.5 Å². The van der Waals surface area contributed by atoms with E-state index in [4.69, 9.17) is 0 Å². The zero-order chi connectivity index (χ0) is 24.1. The van der Waals surface area contributed by atoms with Crippen LogP contribution in [0.4, 0.5) is 0 Å². The third-order valence-electron chi connectivity index (χ3n) is 5.86. The van der Waals surface area contributed by atoms with Crippen LogP contribution in [0.2, 0.25) is 0 Å². The summed E-state index contributed by atoms with van der Waals surface area (Å²) in [7, 11) is 0. The smallest absolute Gasteiger partial charge is 0.335 e. The second-order valence-electron chi connectivity index (χ2n) is 8.15. The van der Waals surface area contributed by atoms with Crippen LogP contribution >= 0.6 is 0 Å². The van der Waals surface area contributed by atoms with E-state index in [0.717, 1.165) is 53.0 Å². The molecule has 4 rings (SSSR count). The van der Waals surface area contributed by atoms with Crippen LogP contribution < -0.4 is 4.57 Å². The Bertz CT molecular complexity index is 1230. The van der Waals surface area contributed by atoms with E-state index in [-0.39, 0.29) is 11.1 Å². The number of unbranched alkanes of at least 4 members (excludes halogenated alkanes) is 1. The van der Waals surface area contributed by atoms with Gasteiger partial charge in [-0.15, -0.1) is 0 Å². The van der Waals surface area contributed by atoms with Crippen LogP contribution in [0.25, 0.3) is 33.6 Å². The number of aromatic carboxylic acids is 2. The fourth-order valence-electron chi connectivity index (χ4n) is 4.02. The van der Waals surface area contributed by atoms with Crippen LogP contribution in [0.15, 0.2) is 91.0 Å². The molecule has 2 N–H and O–H groups in total. The lowest BCUT2D eigenvalue weighted by Crippen LogP contribution is -2.39. The summed E-state index contributed by atoms with van der Waals surface area (Å²) in [5, 5.41) is 18.6. The number of hydrogen-bond acceptors (Lipinski definition) is 2. The van der Waals surface area contributed by atoms with Crippen molar-refractivity contribution < 1.29 is 24.4 Å². The largest absolute Gasteiger partial charge is 0.478 e. The zero-order valence-corrected chi connectivity index (χ0v) is 18.9. The van der Waals surface area contributed by atoms with Crippen LogP contribution in [-0.4, -0.2) is 22.2 Å². The lowest BCUT2D eigenvalue weighted by Gasteiger charge is -2.13. The summed E-state index contributed by atoms with van der Waals surface area (Å²) in [6.45, 7) is 2.92. The standard InChI is InChI=1S/C29H25NO4/c1-2-3-17-30-26(21-9-13-23(14-10-21)28(31)32)18-25(20-7-5-4-6-8-20)19-27(30)22-11-15-24(16-12-22)29(33)34/h4-16,18-19H,2-3,17H2,1H3,(H-,31,32,33,34)/p+1. The number of benzene rings is 3. The summed E-state index contributed by atoms with van der Waals surface area (Å²) in [5.74, 6) is -1.91. The van der Waals surface area contributed by atoms with Crippen molar-refractivity contribution in [3.05, 3.63) is 102 Å². The average molecular weight is 453 g/mol. The number of aromatic nitrogens is 1. The van der Waals surface area contributed by atoms with Crippen molar-refractivity contribution in [1.29, 1.82) is 0 Å². The molecule has 34 heavy (non-hydrogen) atoms. The minimum atomic E-state index is -0.956. The van der Waals surface area contributed by atoms with Gasteiger partial charge in [-0.05, 0) is 59.7 Å². The molecule has 0 fully saturated rings. The number of carbonyl (C=O) groups is 2. The van der Waals surface area contributed by atoms with E-state index in [1.165, 1.54) is 0 Å². The highest BCUT2D eigenvalue weighted by Gasteiger charge is 2.23. The molecule has 0 bridgehead atoms. The lowest BCUT2D eigenvalue weighted by molar-refractivity contribution is -0.675. The highest BCUT2D eigenvalue weighted by atomic mass is 16.4. The Balaban J connectivity index is 1.96. The molecule has 0 aliphatic heterocycles. The van der Waals surface area contributed by atoms with E-state index < -0.39 is 11.9 Å². The fourth-order valence-corrected chi connectivity index (χ4v) is 4.02. The summed E-state index contributed by atoms with van der Waals surface area (Å²) in [6, 6.07) is 28.2. The van der Waals surface area contributed by atoms with Crippen LogP contribution in [-0.2, 0) is 6.54 Å². The number of pyridine rings is 1. The molecule has 0 radical (unpaired) electrons. The maximum Gasteiger partial charge on any atom is 0.335 e. The van der Waals surface area contributed by atoms with Crippen molar-refractivity contribution in [2.45, 2.75) is 26.3 Å². The van der Waals surface area contributed by atoms with Gasteiger partial charge >= 0.3 is 11.9 Å². The topological polar surface area (TPSA) is 78.5 Å². The van der Waals surface area contributed by atoms with Gasteiger partial charge in [-0.1, -0.05) is 43.7 Å². The number of rotatable bonds is 8. The minimum Gasteiger partial charge on any atom is -0.478 e. The van der Waals surface area contributed by atoms with E-state index in [2.05, 4.69) is 35.8 Å². The second-order valence-corrected chi connectivity index (χ2v) is 8.15. The Labute approximate surface area is 198 Å². The van der Waals surface area contributed by atoms with Gasteiger partial charge in [-0.2, -0.15) is 4.57 Å². The van der Waals surface area contributed by atoms with Gasteiger partial charge in [0.15, 0.2) is 0 Å². The van der Waals surface area contributed by atoms with E-state index in [0.29, 0.717) is 0 Å². The van der Waals surface area contributed by atoms with E-state index in [1.807, 2.05) is 42.5 Å². The molecular weight excluding hydrogens is 426 g/mol. The molecule has 0 saturated carbocycles. The molecule has 170 valence electrons. The highest BCUT2D eigenvalue weighted by molar-refractivity contribution is 5.89. The molecule has 1 aromatic heterocycles. The fraction of sp³-hybridized carbons (Fsp3) is 0.138. The summed E-state index contributed by atoms with van der Waals surface area (Å²) in [5.41, 5.74) is 6.37. The molecule has 3 aromatic carbocycles. The SMILES string of the molecule is CCCC[n+]1c(-c2ccc(C(=O)O)cc2)cc(-c2ccccc2)cc1-c1ccc(C(=O)O)cc1. The summed E-state index contributed by atoms with van der Waals surface area (Å²) >= 11 is 0. The Morgan fingerprint density at radius 1 is 0.647 bits per heavy atom. The van der Waals surface area contributed by atoms with Crippen molar-refractivity contribution in [3.8, 4) is 33.6 Å². The van der Waals surface area contributed by atoms with Gasteiger partial charge in [0.05, 0.1) is 11.1 Å². The molecule has 0 amide bonds. The number of hydrogen-bond donors (Lipinski definition) is 2. The Kier molecular flexibility index (Phi) is 6.83. The first-order valence-electron chi connectivity index (χ1n) is 11.3. The van der Waals surface area contributed by atoms with Crippen molar-refractivity contribution in [3.63, 3.8) is 0 Å². The number of carboxylic acid groups (broad SMARTS) is 2. The predicted molar refractivity (Wildman–Crippen MR) is 132 cm³/mol. The molecule has 0 spiro atoms. The molecule has 0 saturated heterocycles. The zero-order valence-electron chi connectivity index (χ0n) is 18.9. The van der Waals surface area contributed by atoms with E-state index >= 15 is 0 Å². The monoisotopic (exact) mass is 452 g/mol. The molecule has 0 aliphatic carbocycles. The van der Waals surface area contributed by atoms with Crippen molar-refractivity contribution >= 4 is 11.9 Å². The Morgan fingerprint density at radius 3 is 1.53 bits per heavy atom. The first-order chi connectivity index (χ1) is 16.5. The van der Waals surface area contributed by atoms with E-state index in [9.17, 15) is 19.8 Å². The van der Waals surface area contributed by atoms with Gasteiger partial charge in [0.25, 0.3) is 0 Å². The van der Waals surface area contributed by atoms with Gasteiger partial charge in [0, 0.05) is 29.7 Å². The lowest BCUT2D eigenvalue weighted by atomic mass is 9.98. The minimum absolute atomic E-state index is 0.243. The third kappa shape index (κ3) is 4.89. The summed E-state index contributed by atoms with van der Waals surface area (Å²) < 4.78 is 2.24. The van der Waals surface area contributed by atoms with Gasteiger partial charge < -0.3 is 10.2 Å². The third-order valence-corrected chi connectivity index (χ3v) is 5.86.